The Morgan fingerprint density at radius 2 is 2.08 bits per heavy atom. The van der Waals surface area contributed by atoms with Gasteiger partial charge in [-0.15, -0.1) is 0 Å². The van der Waals surface area contributed by atoms with Crippen LogP contribution in [0.25, 0.3) is 22.0 Å². The first-order chi connectivity index (χ1) is 11.7. The van der Waals surface area contributed by atoms with Gasteiger partial charge in [0.25, 0.3) is 5.56 Å². The third-order valence-corrected chi connectivity index (χ3v) is 3.91. The zero-order chi connectivity index (χ0) is 16.9. The summed E-state index contributed by atoms with van der Waals surface area (Å²) in [5.74, 6) is 0. The van der Waals surface area contributed by atoms with Crippen LogP contribution in [0.3, 0.4) is 0 Å². The number of carbonyl (C=O) groups is 1. The number of rotatable bonds is 6. The average molecular weight is 322 g/mol. The Kier molecular flexibility index (Phi) is 4.82. The third-order valence-electron chi connectivity index (χ3n) is 3.91. The van der Waals surface area contributed by atoms with E-state index in [-0.39, 0.29) is 11.1 Å². The van der Waals surface area contributed by atoms with Crippen molar-refractivity contribution in [3.8, 4) is 11.1 Å². The fraction of sp³-hybridized carbons (Fsp3) is 0.211. The number of carbonyl (C=O) groups excluding carboxylic acids is 1. The van der Waals surface area contributed by atoms with Gasteiger partial charge in [0, 0.05) is 31.1 Å². The second kappa shape index (κ2) is 7.19. The number of fused-ring (bicyclic) bond motifs is 1. The average Bonchev–Trinajstić information content (AvgIpc) is 2.63. The lowest BCUT2D eigenvalue weighted by Gasteiger charge is -2.13. The maximum atomic E-state index is 12.5. The second-order valence-electron chi connectivity index (χ2n) is 5.39. The van der Waals surface area contributed by atoms with Crippen LogP contribution in [0.2, 0.25) is 0 Å². The molecule has 0 fully saturated rings. The molecular formula is C19H18N2O3. The summed E-state index contributed by atoms with van der Waals surface area (Å²) < 4.78 is 6.98. The number of pyridine rings is 2. The molecule has 0 N–H and O–H groups in total. The molecule has 0 unspecified atom stereocenters. The number of aldehydes is 1. The van der Waals surface area contributed by atoms with E-state index in [0.717, 1.165) is 22.0 Å². The van der Waals surface area contributed by atoms with Gasteiger partial charge in [-0.25, -0.2) is 0 Å². The molecule has 0 aliphatic rings. The van der Waals surface area contributed by atoms with Crippen LogP contribution in [-0.4, -0.2) is 29.1 Å². The molecule has 5 nitrogen and oxygen atoms in total. The number of benzene rings is 1. The van der Waals surface area contributed by atoms with Crippen LogP contribution in [-0.2, 0) is 11.3 Å². The van der Waals surface area contributed by atoms with Gasteiger partial charge in [0.2, 0.25) is 0 Å². The highest BCUT2D eigenvalue weighted by atomic mass is 16.5. The van der Waals surface area contributed by atoms with Crippen LogP contribution in [0.5, 0.6) is 0 Å². The Labute approximate surface area is 139 Å². The van der Waals surface area contributed by atoms with Crippen molar-refractivity contribution in [2.24, 2.45) is 0 Å². The first kappa shape index (κ1) is 16.1. The van der Waals surface area contributed by atoms with E-state index in [2.05, 4.69) is 4.98 Å². The van der Waals surface area contributed by atoms with Crippen LogP contribution < -0.4 is 5.56 Å². The molecule has 3 rings (SSSR count). The van der Waals surface area contributed by atoms with Crippen molar-refractivity contribution in [3.05, 3.63) is 64.7 Å². The molecule has 0 radical (unpaired) electrons. The molecule has 5 heteroatoms. The molecule has 122 valence electrons. The van der Waals surface area contributed by atoms with Gasteiger partial charge in [0.15, 0.2) is 6.29 Å². The Balaban J connectivity index is 2.17. The molecule has 3 aromatic rings. The predicted molar refractivity (Wildman–Crippen MR) is 93.3 cm³/mol. The fourth-order valence-corrected chi connectivity index (χ4v) is 2.71. The highest BCUT2D eigenvalue weighted by molar-refractivity contribution is 5.89. The van der Waals surface area contributed by atoms with E-state index < -0.39 is 0 Å². The van der Waals surface area contributed by atoms with E-state index in [1.807, 2.05) is 37.3 Å². The molecule has 0 bridgehead atoms. The number of nitrogens with zero attached hydrogens (tertiary/aromatic N) is 2. The third kappa shape index (κ3) is 3.12. The van der Waals surface area contributed by atoms with Crippen molar-refractivity contribution in [2.45, 2.75) is 13.5 Å². The van der Waals surface area contributed by atoms with Gasteiger partial charge in [-0.05, 0) is 36.1 Å². The standard InChI is InChI=1S/C19H18N2O3/c1-2-24-9-8-21-18-11-14(16-4-3-7-20-12-16)5-6-15(18)10-17(13-22)19(21)23/h3-7,10-13H,2,8-9H2,1H3. The summed E-state index contributed by atoms with van der Waals surface area (Å²) in [4.78, 5) is 27.8. The summed E-state index contributed by atoms with van der Waals surface area (Å²) in [5, 5.41) is 0.848. The number of aromatic nitrogens is 2. The summed E-state index contributed by atoms with van der Waals surface area (Å²) in [6, 6.07) is 11.3. The quantitative estimate of drug-likeness (QED) is 0.517. The molecule has 0 amide bonds. The fourth-order valence-electron chi connectivity index (χ4n) is 2.71. The summed E-state index contributed by atoms with van der Waals surface area (Å²) in [6.45, 7) is 3.32. The summed E-state index contributed by atoms with van der Waals surface area (Å²) in [5.41, 5.74) is 2.60. The SMILES string of the molecule is CCOCCn1c(=O)c(C=O)cc2ccc(-c3cccnc3)cc21. The minimum atomic E-state index is -0.291. The highest BCUT2D eigenvalue weighted by Crippen LogP contribution is 2.23. The second-order valence-corrected chi connectivity index (χ2v) is 5.39. The predicted octanol–water partition coefficient (Wildman–Crippen LogP) is 2.91. The number of hydrogen-bond acceptors (Lipinski definition) is 4. The number of ether oxygens (including phenoxy) is 1. The first-order valence-electron chi connectivity index (χ1n) is 7.85. The molecule has 0 saturated carbocycles. The maximum absolute atomic E-state index is 12.5. The van der Waals surface area contributed by atoms with Crippen LogP contribution in [0.15, 0.2) is 53.6 Å². The highest BCUT2D eigenvalue weighted by Gasteiger charge is 2.10. The molecule has 0 aliphatic heterocycles. The monoisotopic (exact) mass is 322 g/mol. The van der Waals surface area contributed by atoms with E-state index in [9.17, 15) is 9.59 Å². The van der Waals surface area contributed by atoms with Gasteiger partial charge >= 0.3 is 0 Å². The van der Waals surface area contributed by atoms with Gasteiger partial charge in [-0.3, -0.25) is 14.6 Å². The van der Waals surface area contributed by atoms with E-state index in [1.165, 1.54) is 0 Å². The van der Waals surface area contributed by atoms with Gasteiger partial charge < -0.3 is 9.30 Å². The smallest absolute Gasteiger partial charge is 0.261 e. The molecule has 1 aromatic carbocycles. The zero-order valence-electron chi connectivity index (χ0n) is 13.4. The van der Waals surface area contributed by atoms with Crippen LogP contribution in [0.4, 0.5) is 0 Å². The van der Waals surface area contributed by atoms with Crippen molar-refractivity contribution in [1.29, 1.82) is 0 Å². The molecular weight excluding hydrogens is 304 g/mol. The minimum absolute atomic E-state index is 0.160. The van der Waals surface area contributed by atoms with E-state index in [1.54, 1.807) is 23.0 Å². The lowest BCUT2D eigenvalue weighted by molar-refractivity contribution is 0.112. The van der Waals surface area contributed by atoms with E-state index in [0.29, 0.717) is 26.0 Å². The summed E-state index contributed by atoms with van der Waals surface area (Å²) in [6.07, 6.45) is 4.11. The van der Waals surface area contributed by atoms with Crippen molar-refractivity contribution in [2.75, 3.05) is 13.2 Å². The lowest BCUT2D eigenvalue weighted by atomic mass is 10.0. The Hall–Kier alpha value is -2.79. The normalized spacial score (nSPS) is 10.9. The molecule has 2 heterocycles. The molecule has 24 heavy (non-hydrogen) atoms. The largest absolute Gasteiger partial charge is 0.380 e. The molecule has 0 spiro atoms. The maximum Gasteiger partial charge on any atom is 0.261 e. The number of hydrogen-bond donors (Lipinski definition) is 0. The Morgan fingerprint density at radius 1 is 1.21 bits per heavy atom. The van der Waals surface area contributed by atoms with Crippen molar-refractivity contribution < 1.29 is 9.53 Å². The van der Waals surface area contributed by atoms with E-state index >= 15 is 0 Å². The first-order valence-corrected chi connectivity index (χ1v) is 7.85. The van der Waals surface area contributed by atoms with Crippen LogP contribution in [0.1, 0.15) is 17.3 Å². The summed E-state index contributed by atoms with van der Waals surface area (Å²) >= 11 is 0. The molecule has 0 atom stereocenters. The molecule has 2 aromatic heterocycles. The van der Waals surface area contributed by atoms with Crippen molar-refractivity contribution in [3.63, 3.8) is 0 Å². The van der Waals surface area contributed by atoms with Gasteiger partial charge in [-0.2, -0.15) is 0 Å². The van der Waals surface area contributed by atoms with Crippen molar-refractivity contribution >= 4 is 17.2 Å². The Morgan fingerprint density at radius 3 is 2.79 bits per heavy atom. The van der Waals surface area contributed by atoms with Crippen LogP contribution >= 0.6 is 0 Å². The van der Waals surface area contributed by atoms with Gasteiger partial charge in [0.05, 0.1) is 17.7 Å². The van der Waals surface area contributed by atoms with Crippen LogP contribution in [0, 0.1) is 0 Å². The summed E-state index contributed by atoms with van der Waals surface area (Å²) in [7, 11) is 0. The molecule has 0 aliphatic carbocycles. The lowest BCUT2D eigenvalue weighted by Crippen LogP contribution is -2.25. The Bertz CT molecular complexity index is 917. The van der Waals surface area contributed by atoms with Crippen molar-refractivity contribution in [1.82, 2.24) is 9.55 Å². The topological polar surface area (TPSA) is 61.2 Å². The minimum Gasteiger partial charge on any atom is -0.380 e. The van der Waals surface area contributed by atoms with Gasteiger partial charge in [-0.1, -0.05) is 18.2 Å². The van der Waals surface area contributed by atoms with E-state index in [4.69, 9.17) is 4.74 Å². The zero-order valence-corrected chi connectivity index (χ0v) is 13.4. The molecule has 0 saturated heterocycles. The van der Waals surface area contributed by atoms with Gasteiger partial charge in [0.1, 0.15) is 0 Å².